The maximum atomic E-state index is 6.09. The van der Waals surface area contributed by atoms with Crippen molar-refractivity contribution in [3.05, 3.63) is 29.0 Å². The lowest BCUT2D eigenvalue weighted by Crippen LogP contribution is -2.11. The third kappa shape index (κ3) is 2.61. The highest BCUT2D eigenvalue weighted by molar-refractivity contribution is 6.31. The van der Waals surface area contributed by atoms with E-state index in [4.69, 9.17) is 23.2 Å². The molecule has 0 bridgehead atoms. The van der Waals surface area contributed by atoms with Crippen molar-refractivity contribution in [1.82, 2.24) is 9.55 Å². The van der Waals surface area contributed by atoms with Crippen LogP contribution < -0.4 is 0 Å². The summed E-state index contributed by atoms with van der Waals surface area (Å²) in [5.41, 5.74) is 2.14. The first-order valence-corrected chi connectivity index (χ1v) is 7.93. The SMILES string of the molecule is ClCc1nc2cc(Cl)ccc2n1C1CCCCCC1. The number of halogens is 2. The zero-order valence-corrected chi connectivity index (χ0v) is 12.4. The Bertz CT molecular complexity index is 569. The van der Waals surface area contributed by atoms with Gasteiger partial charge in [0.15, 0.2) is 0 Å². The number of hydrogen-bond acceptors (Lipinski definition) is 1. The molecule has 1 heterocycles. The second kappa shape index (κ2) is 5.72. The number of benzene rings is 1. The predicted octanol–water partition coefficient (Wildman–Crippen LogP) is 5.32. The number of hydrogen-bond donors (Lipinski definition) is 0. The van der Waals surface area contributed by atoms with Crippen molar-refractivity contribution in [3.8, 4) is 0 Å². The van der Waals surface area contributed by atoms with Gasteiger partial charge in [-0.2, -0.15) is 0 Å². The van der Waals surface area contributed by atoms with E-state index >= 15 is 0 Å². The molecule has 19 heavy (non-hydrogen) atoms. The van der Waals surface area contributed by atoms with Gasteiger partial charge < -0.3 is 4.57 Å². The lowest BCUT2D eigenvalue weighted by molar-refractivity contribution is 0.444. The van der Waals surface area contributed by atoms with Crippen LogP contribution >= 0.6 is 23.2 Å². The van der Waals surface area contributed by atoms with Crippen LogP contribution in [0.5, 0.6) is 0 Å². The number of nitrogens with zero attached hydrogens (tertiary/aromatic N) is 2. The standard InChI is InChI=1S/C15H18Cl2N2/c16-10-15-18-13-9-11(17)7-8-14(13)19(15)12-5-3-1-2-4-6-12/h7-9,12H,1-6,10H2. The van der Waals surface area contributed by atoms with Gasteiger partial charge in [-0.25, -0.2) is 4.98 Å². The molecule has 0 amide bonds. The fourth-order valence-electron chi connectivity index (χ4n) is 3.14. The Balaban J connectivity index is 2.09. The van der Waals surface area contributed by atoms with Gasteiger partial charge in [-0.15, -0.1) is 11.6 Å². The first-order valence-electron chi connectivity index (χ1n) is 7.02. The number of fused-ring (bicyclic) bond motifs is 1. The van der Waals surface area contributed by atoms with Crippen LogP contribution in [0.3, 0.4) is 0 Å². The Morgan fingerprint density at radius 2 is 1.89 bits per heavy atom. The minimum atomic E-state index is 0.461. The van der Waals surface area contributed by atoms with Crippen LogP contribution in [0.2, 0.25) is 5.02 Å². The summed E-state index contributed by atoms with van der Waals surface area (Å²) < 4.78 is 2.35. The molecule has 1 aromatic heterocycles. The van der Waals surface area contributed by atoms with Crippen molar-refractivity contribution < 1.29 is 0 Å². The van der Waals surface area contributed by atoms with E-state index < -0.39 is 0 Å². The molecule has 1 saturated carbocycles. The molecule has 0 N–H and O–H groups in total. The highest BCUT2D eigenvalue weighted by atomic mass is 35.5. The summed E-state index contributed by atoms with van der Waals surface area (Å²) >= 11 is 12.1. The number of aromatic nitrogens is 2. The summed E-state index contributed by atoms with van der Waals surface area (Å²) in [4.78, 5) is 4.64. The molecule has 1 aliphatic rings. The molecule has 2 aromatic rings. The maximum Gasteiger partial charge on any atom is 0.125 e. The molecule has 3 rings (SSSR count). The van der Waals surface area contributed by atoms with Crippen LogP contribution in [0.4, 0.5) is 0 Å². The van der Waals surface area contributed by atoms with Gasteiger partial charge in [0.05, 0.1) is 16.9 Å². The van der Waals surface area contributed by atoms with E-state index in [1.165, 1.54) is 44.0 Å². The minimum absolute atomic E-state index is 0.461. The molecule has 0 aliphatic heterocycles. The molecule has 0 radical (unpaired) electrons. The predicted molar refractivity (Wildman–Crippen MR) is 81.0 cm³/mol. The minimum Gasteiger partial charge on any atom is -0.324 e. The van der Waals surface area contributed by atoms with E-state index in [0.29, 0.717) is 11.9 Å². The van der Waals surface area contributed by atoms with Crippen molar-refractivity contribution in [1.29, 1.82) is 0 Å². The summed E-state index contributed by atoms with van der Waals surface area (Å²) in [5, 5.41) is 0.735. The lowest BCUT2D eigenvalue weighted by atomic mass is 10.1. The molecule has 1 aliphatic carbocycles. The van der Waals surface area contributed by atoms with E-state index in [0.717, 1.165) is 16.4 Å². The van der Waals surface area contributed by atoms with Gasteiger partial charge in [0, 0.05) is 11.1 Å². The lowest BCUT2D eigenvalue weighted by Gasteiger charge is -2.19. The third-order valence-electron chi connectivity index (χ3n) is 4.03. The van der Waals surface area contributed by atoms with Crippen molar-refractivity contribution in [2.45, 2.75) is 50.4 Å². The summed E-state index contributed by atoms with van der Waals surface area (Å²) in [6.45, 7) is 0. The van der Waals surface area contributed by atoms with Gasteiger partial charge in [-0.1, -0.05) is 37.3 Å². The average molecular weight is 297 g/mol. The monoisotopic (exact) mass is 296 g/mol. The topological polar surface area (TPSA) is 17.8 Å². The van der Waals surface area contributed by atoms with Crippen LogP contribution in [0.15, 0.2) is 18.2 Å². The van der Waals surface area contributed by atoms with Gasteiger partial charge in [0.2, 0.25) is 0 Å². The molecule has 1 fully saturated rings. The first kappa shape index (κ1) is 13.3. The van der Waals surface area contributed by atoms with Gasteiger partial charge in [0.1, 0.15) is 5.82 Å². The zero-order chi connectivity index (χ0) is 13.2. The van der Waals surface area contributed by atoms with E-state index in [1.807, 2.05) is 12.1 Å². The van der Waals surface area contributed by atoms with Crippen LogP contribution in [-0.4, -0.2) is 9.55 Å². The van der Waals surface area contributed by atoms with Gasteiger partial charge >= 0.3 is 0 Å². The molecular weight excluding hydrogens is 279 g/mol. The summed E-state index contributed by atoms with van der Waals surface area (Å²) in [5.74, 6) is 1.44. The van der Waals surface area contributed by atoms with Crippen LogP contribution in [-0.2, 0) is 5.88 Å². The molecule has 2 nitrogen and oxygen atoms in total. The number of imidazole rings is 1. The van der Waals surface area contributed by atoms with Crippen molar-refractivity contribution in [2.24, 2.45) is 0 Å². The molecule has 0 spiro atoms. The smallest absolute Gasteiger partial charge is 0.125 e. The van der Waals surface area contributed by atoms with E-state index in [1.54, 1.807) is 0 Å². The quantitative estimate of drug-likeness (QED) is 0.541. The van der Waals surface area contributed by atoms with E-state index in [-0.39, 0.29) is 0 Å². The molecule has 4 heteroatoms. The fraction of sp³-hybridized carbons (Fsp3) is 0.533. The summed E-state index contributed by atoms with van der Waals surface area (Å²) in [6.07, 6.45) is 7.78. The summed E-state index contributed by atoms with van der Waals surface area (Å²) in [6, 6.07) is 6.49. The zero-order valence-electron chi connectivity index (χ0n) is 10.9. The Morgan fingerprint density at radius 1 is 1.16 bits per heavy atom. The molecule has 102 valence electrons. The van der Waals surface area contributed by atoms with Crippen LogP contribution in [0, 0.1) is 0 Å². The highest BCUT2D eigenvalue weighted by Crippen LogP contribution is 2.32. The van der Waals surface area contributed by atoms with E-state index in [2.05, 4.69) is 15.6 Å². The van der Waals surface area contributed by atoms with Gasteiger partial charge in [-0.05, 0) is 31.0 Å². The second-order valence-electron chi connectivity index (χ2n) is 5.31. The molecule has 0 saturated heterocycles. The van der Waals surface area contributed by atoms with Crippen LogP contribution in [0.25, 0.3) is 11.0 Å². The number of alkyl halides is 1. The largest absolute Gasteiger partial charge is 0.324 e. The molecule has 1 aromatic carbocycles. The van der Waals surface area contributed by atoms with Crippen molar-refractivity contribution >= 4 is 34.2 Å². The molecular formula is C15H18Cl2N2. The highest BCUT2D eigenvalue weighted by Gasteiger charge is 2.20. The first-order chi connectivity index (χ1) is 9.29. The van der Waals surface area contributed by atoms with Gasteiger partial charge in [0.25, 0.3) is 0 Å². The van der Waals surface area contributed by atoms with E-state index in [9.17, 15) is 0 Å². The Morgan fingerprint density at radius 3 is 2.58 bits per heavy atom. The summed E-state index contributed by atoms with van der Waals surface area (Å²) in [7, 11) is 0. The van der Waals surface area contributed by atoms with Crippen LogP contribution in [0.1, 0.15) is 50.4 Å². The van der Waals surface area contributed by atoms with Crippen molar-refractivity contribution in [2.75, 3.05) is 0 Å². The second-order valence-corrected chi connectivity index (χ2v) is 6.01. The Labute approximate surface area is 123 Å². The Kier molecular flexibility index (Phi) is 3.99. The number of rotatable bonds is 2. The normalized spacial score (nSPS) is 17.8. The Hall–Kier alpha value is -0.730. The molecule has 0 atom stereocenters. The third-order valence-corrected chi connectivity index (χ3v) is 4.51. The van der Waals surface area contributed by atoms with Crippen molar-refractivity contribution in [3.63, 3.8) is 0 Å². The molecule has 0 unspecified atom stereocenters. The van der Waals surface area contributed by atoms with Gasteiger partial charge in [-0.3, -0.25) is 0 Å². The fourth-order valence-corrected chi connectivity index (χ4v) is 3.49. The average Bonchev–Trinajstić information content (AvgIpc) is 2.60. The maximum absolute atomic E-state index is 6.09.